The zero-order chi connectivity index (χ0) is 13.0. The maximum Gasteiger partial charge on any atom is 0.0451 e. The quantitative estimate of drug-likeness (QED) is 0.878. The smallest absolute Gasteiger partial charge is 0.0451 e. The van der Waals surface area contributed by atoms with Crippen LogP contribution in [-0.2, 0) is 0 Å². The number of halogens is 1. The SMILES string of the molecule is CC(C)NC(CN1CCCC1)c1cccc(Cl)c1. The van der Waals surface area contributed by atoms with Crippen LogP contribution in [0.1, 0.15) is 38.3 Å². The van der Waals surface area contributed by atoms with Crippen LogP contribution in [0.25, 0.3) is 0 Å². The minimum atomic E-state index is 0.377. The molecule has 0 saturated carbocycles. The molecule has 0 bridgehead atoms. The summed E-state index contributed by atoms with van der Waals surface area (Å²) >= 11 is 6.10. The number of benzene rings is 1. The molecular weight excluding hydrogens is 244 g/mol. The van der Waals surface area contributed by atoms with Gasteiger partial charge in [-0.25, -0.2) is 0 Å². The zero-order valence-electron chi connectivity index (χ0n) is 11.3. The summed E-state index contributed by atoms with van der Waals surface area (Å²) in [4.78, 5) is 2.54. The van der Waals surface area contributed by atoms with Gasteiger partial charge in [0, 0.05) is 23.7 Å². The Morgan fingerprint density at radius 2 is 2.00 bits per heavy atom. The number of hydrogen-bond donors (Lipinski definition) is 1. The van der Waals surface area contributed by atoms with E-state index in [0.29, 0.717) is 12.1 Å². The predicted octanol–water partition coefficient (Wildman–Crippen LogP) is 3.47. The van der Waals surface area contributed by atoms with Gasteiger partial charge in [-0.15, -0.1) is 0 Å². The van der Waals surface area contributed by atoms with E-state index in [2.05, 4.69) is 36.2 Å². The van der Waals surface area contributed by atoms with Crippen LogP contribution >= 0.6 is 11.6 Å². The molecule has 100 valence electrons. The van der Waals surface area contributed by atoms with Crippen molar-refractivity contribution in [2.45, 2.75) is 38.8 Å². The minimum absolute atomic E-state index is 0.377. The summed E-state index contributed by atoms with van der Waals surface area (Å²) in [6.45, 7) is 7.94. The van der Waals surface area contributed by atoms with Gasteiger partial charge < -0.3 is 10.2 Å². The molecule has 3 heteroatoms. The van der Waals surface area contributed by atoms with E-state index in [1.54, 1.807) is 0 Å². The summed E-state index contributed by atoms with van der Waals surface area (Å²) < 4.78 is 0. The zero-order valence-corrected chi connectivity index (χ0v) is 12.1. The monoisotopic (exact) mass is 266 g/mol. The molecule has 1 N–H and O–H groups in total. The Balaban J connectivity index is 2.08. The average Bonchev–Trinajstić information content (AvgIpc) is 2.80. The number of hydrogen-bond acceptors (Lipinski definition) is 2. The van der Waals surface area contributed by atoms with Crippen LogP contribution in [0, 0.1) is 0 Å². The van der Waals surface area contributed by atoms with Crippen molar-refractivity contribution in [3.8, 4) is 0 Å². The van der Waals surface area contributed by atoms with Gasteiger partial charge in [0.05, 0.1) is 0 Å². The third-order valence-corrected chi connectivity index (χ3v) is 3.66. The minimum Gasteiger partial charge on any atom is -0.307 e. The molecule has 1 fully saturated rings. The molecule has 0 spiro atoms. The molecule has 18 heavy (non-hydrogen) atoms. The summed E-state index contributed by atoms with van der Waals surface area (Å²) in [5.74, 6) is 0. The highest BCUT2D eigenvalue weighted by atomic mass is 35.5. The van der Waals surface area contributed by atoms with Gasteiger partial charge in [-0.2, -0.15) is 0 Å². The Morgan fingerprint density at radius 1 is 1.28 bits per heavy atom. The molecule has 0 aliphatic carbocycles. The normalized spacial score (nSPS) is 18.4. The Labute approximate surface area is 115 Å². The first-order chi connectivity index (χ1) is 8.65. The van der Waals surface area contributed by atoms with Crippen molar-refractivity contribution in [3.05, 3.63) is 34.9 Å². The van der Waals surface area contributed by atoms with Crippen LogP contribution in [0.2, 0.25) is 5.02 Å². The highest BCUT2D eigenvalue weighted by Gasteiger charge is 2.19. The van der Waals surface area contributed by atoms with Crippen molar-refractivity contribution in [1.29, 1.82) is 0 Å². The molecule has 0 amide bonds. The summed E-state index contributed by atoms with van der Waals surface area (Å²) in [6, 6.07) is 9.09. The number of likely N-dealkylation sites (tertiary alicyclic amines) is 1. The number of nitrogens with one attached hydrogen (secondary N) is 1. The molecule has 1 saturated heterocycles. The van der Waals surface area contributed by atoms with Crippen molar-refractivity contribution < 1.29 is 0 Å². The molecule has 1 heterocycles. The van der Waals surface area contributed by atoms with Crippen LogP contribution in [0.15, 0.2) is 24.3 Å². The standard InChI is InChI=1S/C15H23ClN2/c1-12(2)17-15(11-18-8-3-4-9-18)13-6-5-7-14(16)10-13/h5-7,10,12,15,17H,3-4,8-9,11H2,1-2H3. The van der Waals surface area contributed by atoms with Gasteiger partial charge in [0.2, 0.25) is 0 Å². The second-order valence-corrected chi connectivity index (χ2v) is 5.87. The van der Waals surface area contributed by atoms with E-state index in [1.165, 1.54) is 31.5 Å². The topological polar surface area (TPSA) is 15.3 Å². The van der Waals surface area contributed by atoms with Gasteiger partial charge in [0.1, 0.15) is 0 Å². The van der Waals surface area contributed by atoms with Gasteiger partial charge >= 0.3 is 0 Å². The van der Waals surface area contributed by atoms with Crippen LogP contribution < -0.4 is 5.32 Å². The van der Waals surface area contributed by atoms with E-state index in [1.807, 2.05) is 12.1 Å². The van der Waals surface area contributed by atoms with Crippen molar-refractivity contribution in [1.82, 2.24) is 10.2 Å². The lowest BCUT2D eigenvalue weighted by molar-refractivity contribution is 0.284. The highest BCUT2D eigenvalue weighted by molar-refractivity contribution is 6.30. The first-order valence-corrected chi connectivity index (χ1v) is 7.27. The van der Waals surface area contributed by atoms with Crippen molar-refractivity contribution >= 4 is 11.6 Å². The number of nitrogens with zero attached hydrogens (tertiary/aromatic N) is 1. The fourth-order valence-corrected chi connectivity index (χ4v) is 2.80. The van der Waals surface area contributed by atoms with Crippen LogP contribution in [0.3, 0.4) is 0 Å². The second kappa shape index (κ2) is 6.55. The van der Waals surface area contributed by atoms with Gasteiger partial charge in [0.15, 0.2) is 0 Å². The lowest BCUT2D eigenvalue weighted by Gasteiger charge is -2.26. The Hall–Kier alpha value is -0.570. The first kappa shape index (κ1) is 13.9. The molecule has 1 aromatic carbocycles. The molecule has 2 rings (SSSR count). The molecular formula is C15H23ClN2. The van der Waals surface area contributed by atoms with E-state index in [-0.39, 0.29) is 0 Å². The van der Waals surface area contributed by atoms with Gasteiger partial charge in [-0.05, 0) is 43.6 Å². The Kier molecular flexibility index (Phi) is 5.04. The highest BCUT2D eigenvalue weighted by Crippen LogP contribution is 2.21. The Bertz CT molecular complexity index is 373. The molecule has 1 aliphatic heterocycles. The molecule has 1 aliphatic rings. The molecule has 1 aromatic rings. The lowest BCUT2D eigenvalue weighted by atomic mass is 10.1. The van der Waals surface area contributed by atoms with Crippen LogP contribution in [-0.4, -0.2) is 30.6 Å². The molecule has 0 radical (unpaired) electrons. The second-order valence-electron chi connectivity index (χ2n) is 5.44. The van der Waals surface area contributed by atoms with Gasteiger partial charge in [-0.3, -0.25) is 0 Å². The maximum absolute atomic E-state index is 6.10. The molecule has 2 nitrogen and oxygen atoms in total. The first-order valence-electron chi connectivity index (χ1n) is 6.89. The molecule has 1 atom stereocenters. The van der Waals surface area contributed by atoms with Crippen molar-refractivity contribution in [2.24, 2.45) is 0 Å². The van der Waals surface area contributed by atoms with E-state index in [0.717, 1.165) is 11.6 Å². The molecule has 0 aromatic heterocycles. The fraction of sp³-hybridized carbons (Fsp3) is 0.600. The third kappa shape index (κ3) is 3.98. The van der Waals surface area contributed by atoms with Crippen molar-refractivity contribution in [2.75, 3.05) is 19.6 Å². The third-order valence-electron chi connectivity index (χ3n) is 3.43. The van der Waals surface area contributed by atoms with Crippen molar-refractivity contribution in [3.63, 3.8) is 0 Å². The van der Waals surface area contributed by atoms with Crippen LogP contribution in [0.5, 0.6) is 0 Å². The predicted molar refractivity (Wildman–Crippen MR) is 78.1 cm³/mol. The summed E-state index contributed by atoms with van der Waals surface area (Å²) in [7, 11) is 0. The van der Waals surface area contributed by atoms with E-state index in [9.17, 15) is 0 Å². The fourth-order valence-electron chi connectivity index (χ4n) is 2.60. The molecule has 1 unspecified atom stereocenters. The summed E-state index contributed by atoms with van der Waals surface area (Å²) in [5.41, 5.74) is 1.29. The lowest BCUT2D eigenvalue weighted by Crippen LogP contribution is -2.37. The maximum atomic E-state index is 6.10. The average molecular weight is 267 g/mol. The van der Waals surface area contributed by atoms with E-state index < -0.39 is 0 Å². The largest absolute Gasteiger partial charge is 0.307 e. The van der Waals surface area contributed by atoms with Gasteiger partial charge in [-0.1, -0.05) is 37.6 Å². The van der Waals surface area contributed by atoms with E-state index >= 15 is 0 Å². The number of rotatable bonds is 5. The summed E-state index contributed by atoms with van der Waals surface area (Å²) in [5, 5.41) is 4.47. The van der Waals surface area contributed by atoms with E-state index in [4.69, 9.17) is 11.6 Å². The summed E-state index contributed by atoms with van der Waals surface area (Å²) in [6.07, 6.45) is 2.67. The Morgan fingerprint density at radius 3 is 2.61 bits per heavy atom. The van der Waals surface area contributed by atoms with Gasteiger partial charge in [0.25, 0.3) is 0 Å². The van der Waals surface area contributed by atoms with Crippen LogP contribution in [0.4, 0.5) is 0 Å².